The first-order valence-electron chi connectivity index (χ1n) is 6.88. The first kappa shape index (κ1) is 15.1. The first-order chi connectivity index (χ1) is 9.52. The Balaban J connectivity index is 2.17. The summed E-state index contributed by atoms with van der Waals surface area (Å²) in [6.07, 6.45) is 3.37. The largest absolute Gasteiger partial charge is 0.323 e. The highest BCUT2D eigenvalue weighted by Gasteiger charge is 2.27. The topological polar surface area (TPSA) is 70.4 Å². The van der Waals surface area contributed by atoms with Crippen LogP contribution in [0.4, 0.5) is 5.69 Å². The van der Waals surface area contributed by atoms with Crippen LogP contribution in [0.2, 0.25) is 5.02 Å². The van der Waals surface area contributed by atoms with Gasteiger partial charge in [0.1, 0.15) is 0 Å². The molecule has 4 N–H and O–H groups in total. The van der Waals surface area contributed by atoms with Gasteiger partial charge in [0.2, 0.25) is 0 Å². The molecular formula is C14H21ClN4O. The molecule has 1 aliphatic rings. The minimum absolute atomic E-state index is 0.193. The number of hydrogen-bond acceptors (Lipinski definition) is 4. The number of halogens is 1. The smallest absolute Gasteiger partial charge is 0.267 e. The highest BCUT2D eigenvalue weighted by molar-refractivity contribution is 6.31. The number of anilines is 1. The summed E-state index contributed by atoms with van der Waals surface area (Å²) in [5, 5.41) is 2.53. The lowest BCUT2D eigenvalue weighted by atomic mass is 10.00. The maximum Gasteiger partial charge on any atom is 0.267 e. The molecule has 110 valence electrons. The maximum absolute atomic E-state index is 12.4. The van der Waals surface area contributed by atoms with E-state index in [-0.39, 0.29) is 5.91 Å². The van der Waals surface area contributed by atoms with E-state index < -0.39 is 0 Å². The van der Waals surface area contributed by atoms with Crippen LogP contribution in [0.15, 0.2) is 18.2 Å². The van der Waals surface area contributed by atoms with Crippen molar-refractivity contribution >= 4 is 23.2 Å². The Bertz CT molecular complexity index is 484. The molecule has 2 unspecified atom stereocenters. The Kier molecular flexibility index (Phi) is 4.86. The lowest BCUT2D eigenvalue weighted by molar-refractivity contribution is 0.0370. The van der Waals surface area contributed by atoms with Crippen LogP contribution in [0, 0.1) is 0 Å². The fourth-order valence-corrected chi connectivity index (χ4v) is 2.82. The molecular weight excluding hydrogens is 276 g/mol. The number of rotatable bonds is 3. The van der Waals surface area contributed by atoms with Crippen LogP contribution in [0.1, 0.15) is 43.5 Å². The van der Waals surface area contributed by atoms with Gasteiger partial charge >= 0.3 is 0 Å². The number of hydrazine groups is 2. The second-order valence-corrected chi connectivity index (χ2v) is 5.75. The number of nitrogen functional groups attached to an aromatic ring is 1. The molecule has 2 atom stereocenters. The lowest BCUT2D eigenvalue weighted by Gasteiger charge is -2.38. The second kappa shape index (κ2) is 6.43. The van der Waals surface area contributed by atoms with E-state index in [1.807, 2.05) is 5.01 Å². The van der Waals surface area contributed by atoms with Crippen LogP contribution in [0.5, 0.6) is 0 Å². The highest BCUT2D eigenvalue weighted by Crippen LogP contribution is 2.23. The van der Waals surface area contributed by atoms with Gasteiger partial charge in [0.05, 0.1) is 11.3 Å². The van der Waals surface area contributed by atoms with Crippen molar-refractivity contribution in [2.24, 2.45) is 5.84 Å². The molecule has 1 aliphatic heterocycles. The molecule has 0 saturated carbocycles. The highest BCUT2D eigenvalue weighted by atomic mass is 35.5. The van der Waals surface area contributed by atoms with Crippen LogP contribution in [0.25, 0.3) is 0 Å². The number of nitrogens with two attached hydrogens (primary N) is 1. The normalized spacial score (nSPS) is 23.4. The van der Waals surface area contributed by atoms with Gasteiger partial charge in [-0.05, 0) is 44.9 Å². The van der Waals surface area contributed by atoms with E-state index in [2.05, 4.69) is 24.7 Å². The van der Waals surface area contributed by atoms with Gasteiger partial charge in [-0.3, -0.25) is 16.1 Å². The van der Waals surface area contributed by atoms with Crippen molar-refractivity contribution in [1.82, 2.24) is 10.4 Å². The third-order valence-electron chi connectivity index (χ3n) is 3.81. The molecule has 1 aromatic rings. The zero-order valence-corrected chi connectivity index (χ0v) is 12.6. The molecule has 1 heterocycles. The van der Waals surface area contributed by atoms with Crippen molar-refractivity contribution in [3.8, 4) is 0 Å². The SMILES string of the molecule is CC1CCCC(C)N1NC(=O)c1cc(Cl)ccc1NN. The van der Waals surface area contributed by atoms with Crippen molar-refractivity contribution < 1.29 is 4.79 Å². The summed E-state index contributed by atoms with van der Waals surface area (Å²) in [7, 11) is 0. The zero-order chi connectivity index (χ0) is 14.7. The van der Waals surface area contributed by atoms with Gasteiger partial charge in [-0.2, -0.15) is 0 Å². The molecule has 5 nitrogen and oxygen atoms in total. The number of piperidine rings is 1. The number of nitrogens with one attached hydrogen (secondary N) is 2. The summed E-state index contributed by atoms with van der Waals surface area (Å²) in [5.41, 5.74) is 6.51. The monoisotopic (exact) mass is 296 g/mol. The number of nitrogens with zero attached hydrogens (tertiary/aromatic N) is 1. The fraction of sp³-hybridized carbons (Fsp3) is 0.500. The molecule has 6 heteroatoms. The van der Waals surface area contributed by atoms with Gasteiger partial charge in [-0.15, -0.1) is 0 Å². The van der Waals surface area contributed by atoms with Gasteiger partial charge in [0.25, 0.3) is 5.91 Å². The van der Waals surface area contributed by atoms with E-state index in [0.717, 1.165) is 12.8 Å². The molecule has 1 amide bonds. The summed E-state index contributed by atoms with van der Waals surface area (Å²) in [6, 6.07) is 5.66. The third kappa shape index (κ3) is 3.23. The van der Waals surface area contributed by atoms with Crippen molar-refractivity contribution in [2.75, 3.05) is 5.43 Å². The Hall–Kier alpha value is -1.30. The quantitative estimate of drug-likeness (QED) is 0.592. The van der Waals surface area contributed by atoms with Crippen LogP contribution in [-0.4, -0.2) is 23.0 Å². The minimum Gasteiger partial charge on any atom is -0.323 e. The predicted octanol–water partition coefficient (Wildman–Crippen LogP) is 2.53. The second-order valence-electron chi connectivity index (χ2n) is 5.31. The first-order valence-corrected chi connectivity index (χ1v) is 7.26. The van der Waals surface area contributed by atoms with E-state index in [9.17, 15) is 4.79 Å². The summed E-state index contributed by atoms with van der Waals surface area (Å²) in [5.74, 6) is 5.25. The molecule has 0 aliphatic carbocycles. The fourth-order valence-electron chi connectivity index (χ4n) is 2.65. The summed E-state index contributed by atoms with van der Waals surface area (Å²) >= 11 is 5.96. The summed E-state index contributed by atoms with van der Waals surface area (Å²) < 4.78 is 0. The Morgan fingerprint density at radius 1 is 1.35 bits per heavy atom. The molecule has 0 spiro atoms. The van der Waals surface area contributed by atoms with Gasteiger partial charge in [0, 0.05) is 17.1 Å². The average Bonchev–Trinajstić information content (AvgIpc) is 2.43. The third-order valence-corrected chi connectivity index (χ3v) is 4.04. The van der Waals surface area contributed by atoms with Crippen molar-refractivity contribution in [1.29, 1.82) is 0 Å². The number of carbonyl (C=O) groups is 1. The van der Waals surface area contributed by atoms with Gasteiger partial charge in [0.15, 0.2) is 0 Å². The molecule has 2 rings (SSSR count). The zero-order valence-electron chi connectivity index (χ0n) is 11.8. The minimum atomic E-state index is -0.193. The molecule has 1 fully saturated rings. The predicted molar refractivity (Wildman–Crippen MR) is 81.3 cm³/mol. The van der Waals surface area contributed by atoms with Gasteiger partial charge in [-0.1, -0.05) is 18.0 Å². The Morgan fingerprint density at radius 2 is 2.00 bits per heavy atom. The van der Waals surface area contributed by atoms with E-state index in [4.69, 9.17) is 17.4 Å². The Labute approximate surface area is 124 Å². The molecule has 0 bridgehead atoms. The number of benzene rings is 1. The lowest BCUT2D eigenvalue weighted by Crippen LogP contribution is -2.54. The molecule has 1 aromatic carbocycles. The van der Waals surface area contributed by atoms with Crippen LogP contribution in [0.3, 0.4) is 0 Å². The summed E-state index contributed by atoms with van der Waals surface area (Å²) in [4.78, 5) is 12.4. The van der Waals surface area contributed by atoms with Crippen LogP contribution in [-0.2, 0) is 0 Å². The van der Waals surface area contributed by atoms with Crippen LogP contribution < -0.4 is 16.7 Å². The number of hydrogen-bond donors (Lipinski definition) is 3. The van der Waals surface area contributed by atoms with Crippen LogP contribution >= 0.6 is 11.6 Å². The molecule has 20 heavy (non-hydrogen) atoms. The van der Waals surface area contributed by atoms with E-state index in [0.29, 0.717) is 28.4 Å². The van der Waals surface area contributed by atoms with E-state index in [1.165, 1.54) is 6.42 Å². The summed E-state index contributed by atoms with van der Waals surface area (Å²) in [6.45, 7) is 4.24. The van der Waals surface area contributed by atoms with E-state index in [1.54, 1.807) is 18.2 Å². The number of carbonyl (C=O) groups excluding carboxylic acids is 1. The van der Waals surface area contributed by atoms with Crippen molar-refractivity contribution in [3.05, 3.63) is 28.8 Å². The van der Waals surface area contributed by atoms with Crippen molar-refractivity contribution in [3.63, 3.8) is 0 Å². The average molecular weight is 297 g/mol. The molecule has 0 aromatic heterocycles. The van der Waals surface area contributed by atoms with Crippen molar-refractivity contribution in [2.45, 2.75) is 45.2 Å². The van der Waals surface area contributed by atoms with Gasteiger partial charge in [-0.25, -0.2) is 5.01 Å². The molecule has 0 radical (unpaired) electrons. The maximum atomic E-state index is 12.4. The van der Waals surface area contributed by atoms with E-state index >= 15 is 0 Å². The standard InChI is InChI=1S/C14H21ClN4O/c1-9-4-3-5-10(2)19(9)18-14(20)12-8-11(15)6-7-13(12)17-16/h6-10,17H,3-5,16H2,1-2H3,(H,18,20). The Morgan fingerprint density at radius 3 is 2.60 bits per heavy atom. The van der Waals surface area contributed by atoms with Gasteiger partial charge < -0.3 is 5.43 Å². The molecule has 1 saturated heterocycles. The number of amides is 1.